The molecule has 0 aliphatic heterocycles. The molecule has 1 aromatic rings. The van der Waals surface area contributed by atoms with Crippen LogP contribution in [0.25, 0.3) is 0 Å². The van der Waals surface area contributed by atoms with E-state index in [2.05, 4.69) is 33.4 Å². The van der Waals surface area contributed by atoms with E-state index in [4.69, 9.17) is 0 Å². The monoisotopic (exact) mass is 307 g/mol. The van der Waals surface area contributed by atoms with E-state index < -0.39 is 0 Å². The van der Waals surface area contributed by atoms with E-state index in [9.17, 15) is 4.79 Å². The van der Waals surface area contributed by atoms with Gasteiger partial charge in [0.2, 0.25) is 0 Å². The molecule has 3 rings (SSSR count). The standard InChI is InChI=1S/C15H18BrNO/c16-13-5-2-6-14(13)17-15(18)12-8-7-10-3-1-4-11(10)9-12/h7-9,13-14H,1-6H2,(H,17,18). The molecular weight excluding hydrogens is 290 g/mol. The molecule has 96 valence electrons. The van der Waals surface area contributed by atoms with Gasteiger partial charge in [0.1, 0.15) is 0 Å². The van der Waals surface area contributed by atoms with E-state index in [-0.39, 0.29) is 5.91 Å². The van der Waals surface area contributed by atoms with Gasteiger partial charge in [-0.2, -0.15) is 0 Å². The number of aryl methyl sites for hydroxylation is 2. The second kappa shape index (κ2) is 5.04. The minimum absolute atomic E-state index is 0.0843. The molecule has 2 aliphatic carbocycles. The van der Waals surface area contributed by atoms with Crippen molar-refractivity contribution in [2.45, 2.75) is 49.4 Å². The topological polar surface area (TPSA) is 29.1 Å². The van der Waals surface area contributed by atoms with Crippen LogP contribution in [0.4, 0.5) is 0 Å². The molecule has 1 aromatic carbocycles. The van der Waals surface area contributed by atoms with Crippen LogP contribution in [0.15, 0.2) is 18.2 Å². The Hall–Kier alpha value is -0.830. The maximum absolute atomic E-state index is 12.2. The van der Waals surface area contributed by atoms with Gasteiger partial charge in [-0.15, -0.1) is 0 Å². The number of rotatable bonds is 2. The zero-order valence-electron chi connectivity index (χ0n) is 10.4. The van der Waals surface area contributed by atoms with Gasteiger partial charge in [0.15, 0.2) is 0 Å². The molecule has 0 bridgehead atoms. The van der Waals surface area contributed by atoms with Crippen molar-refractivity contribution >= 4 is 21.8 Å². The maximum Gasteiger partial charge on any atom is 0.251 e. The zero-order chi connectivity index (χ0) is 12.5. The predicted octanol–water partition coefficient (Wildman–Crippen LogP) is 3.22. The van der Waals surface area contributed by atoms with E-state index in [1.807, 2.05) is 6.07 Å². The summed E-state index contributed by atoms with van der Waals surface area (Å²) in [7, 11) is 0. The van der Waals surface area contributed by atoms with Crippen molar-refractivity contribution in [1.29, 1.82) is 0 Å². The number of carbonyl (C=O) groups is 1. The Morgan fingerprint density at radius 1 is 1.17 bits per heavy atom. The Labute approximate surface area is 116 Å². The first kappa shape index (κ1) is 12.2. The van der Waals surface area contributed by atoms with Crippen molar-refractivity contribution in [3.8, 4) is 0 Å². The number of halogens is 1. The van der Waals surface area contributed by atoms with Crippen molar-refractivity contribution in [2.24, 2.45) is 0 Å². The predicted molar refractivity (Wildman–Crippen MR) is 76.3 cm³/mol. The van der Waals surface area contributed by atoms with Gasteiger partial charge in [-0.25, -0.2) is 0 Å². The highest BCUT2D eigenvalue weighted by molar-refractivity contribution is 9.09. The highest BCUT2D eigenvalue weighted by Gasteiger charge is 2.26. The van der Waals surface area contributed by atoms with Gasteiger partial charge in [0.25, 0.3) is 5.91 Å². The number of carbonyl (C=O) groups excluding carboxylic acids is 1. The second-order valence-electron chi connectivity index (χ2n) is 5.36. The summed E-state index contributed by atoms with van der Waals surface area (Å²) >= 11 is 3.64. The SMILES string of the molecule is O=C(NC1CCCC1Br)c1ccc2c(c1)CCC2. The summed E-state index contributed by atoms with van der Waals surface area (Å²) in [5.74, 6) is 0.0843. The molecule has 1 fully saturated rings. The first-order valence-electron chi connectivity index (χ1n) is 6.81. The molecule has 0 heterocycles. The van der Waals surface area contributed by atoms with Crippen LogP contribution < -0.4 is 5.32 Å². The highest BCUT2D eigenvalue weighted by Crippen LogP contribution is 2.26. The summed E-state index contributed by atoms with van der Waals surface area (Å²) in [4.78, 5) is 12.7. The van der Waals surface area contributed by atoms with E-state index in [1.165, 1.54) is 30.4 Å². The quantitative estimate of drug-likeness (QED) is 0.835. The fourth-order valence-corrected chi connectivity index (χ4v) is 3.76. The Morgan fingerprint density at radius 2 is 2.00 bits per heavy atom. The third-order valence-corrected chi connectivity index (χ3v) is 5.20. The average molecular weight is 308 g/mol. The molecule has 2 atom stereocenters. The van der Waals surface area contributed by atoms with Crippen molar-refractivity contribution in [2.75, 3.05) is 0 Å². The first-order valence-corrected chi connectivity index (χ1v) is 7.72. The molecule has 0 aromatic heterocycles. The van der Waals surface area contributed by atoms with Crippen LogP contribution in [0, 0.1) is 0 Å². The van der Waals surface area contributed by atoms with Gasteiger partial charge in [-0.05, 0) is 55.4 Å². The third kappa shape index (κ3) is 2.33. The Morgan fingerprint density at radius 3 is 2.78 bits per heavy atom. The van der Waals surface area contributed by atoms with Crippen LogP contribution >= 0.6 is 15.9 Å². The molecular formula is C15H18BrNO. The Kier molecular flexibility index (Phi) is 3.42. The summed E-state index contributed by atoms with van der Waals surface area (Å²) in [6.07, 6.45) is 6.98. The molecule has 2 unspecified atom stereocenters. The number of fused-ring (bicyclic) bond motifs is 1. The fourth-order valence-electron chi connectivity index (χ4n) is 3.04. The maximum atomic E-state index is 12.2. The molecule has 0 radical (unpaired) electrons. The lowest BCUT2D eigenvalue weighted by Gasteiger charge is -2.16. The van der Waals surface area contributed by atoms with Crippen molar-refractivity contribution in [1.82, 2.24) is 5.32 Å². The van der Waals surface area contributed by atoms with Crippen LogP contribution in [-0.2, 0) is 12.8 Å². The smallest absolute Gasteiger partial charge is 0.251 e. The van der Waals surface area contributed by atoms with Gasteiger partial charge in [0.05, 0.1) is 0 Å². The van der Waals surface area contributed by atoms with E-state index in [0.717, 1.165) is 24.8 Å². The first-order chi connectivity index (χ1) is 8.74. The van der Waals surface area contributed by atoms with Crippen LogP contribution in [0.2, 0.25) is 0 Å². The van der Waals surface area contributed by atoms with Gasteiger partial charge in [-0.3, -0.25) is 4.79 Å². The normalized spacial score (nSPS) is 26.1. The van der Waals surface area contributed by atoms with Crippen LogP contribution in [0.3, 0.4) is 0 Å². The minimum Gasteiger partial charge on any atom is -0.348 e. The molecule has 1 N–H and O–H groups in total. The molecule has 0 spiro atoms. The molecule has 3 heteroatoms. The van der Waals surface area contributed by atoms with Gasteiger partial charge >= 0.3 is 0 Å². The summed E-state index contributed by atoms with van der Waals surface area (Å²) in [5, 5.41) is 3.15. The van der Waals surface area contributed by atoms with Crippen LogP contribution in [-0.4, -0.2) is 16.8 Å². The Bertz CT molecular complexity index is 472. The molecule has 18 heavy (non-hydrogen) atoms. The molecule has 2 aliphatic rings. The largest absolute Gasteiger partial charge is 0.348 e. The van der Waals surface area contributed by atoms with E-state index in [1.54, 1.807) is 0 Å². The Balaban J connectivity index is 1.72. The van der Waals surface area contributed by atoms with Gasteiger partial charge < -0.3 is 5.32 Å². The van der Waals surface area contributed by atoms with E-state index in [0.29, 0.717) is 10.9 Å². The van der Waals surface area contributed by atoms with Crippen molar-refractivity contribution < 1.29 is 4.79 Å². The van der Waals surface area contributed by atoms with Crippen molar-refractivity contribution in [3.05, 3.63) is 34.9 Å². The summed E-state index contributed by atoms with van der Waals surface area (Å²) in [6.45, 7) is 0. The summed E-state index contributed by atoms with van der Waals surface area (Å²) < 4.78 is 0. The highest BCUT2D eigenvalue weighted by atomic mass is 79.9. The number of benzene rings is 1. The van der Waals surface area contributed by atoms with Crippen LogP contribution in [0.1, 0.15) is 47.2 Å². The summed E-state index contributed by atoms with van der Waals surface area (Å²) in [6, 6.07) is 6.47. The second-order valence-corrected chi connectivity index (χ2v) is 6.54. The number of nitrogens with one attached hydrogen (secondary N) is 1. The molecule has 1 saturated carbocycles. The lowest BCUT2D eigenvalue weighted by Crippen LogP contribution is -2.37. The lowest BCUT2D eigenvalue weighted by atomic mass is 10.1. The lowest BCUT2D eigenvalue weighted by molar-refractivity contribution is 0.0939. The number of amides is 1. The fraction of sp³-hybridized carbons (Fsp3) is 0.533. The average Bonchev–Trinajstić information content (AvgIpc) is 2.98. The van der Waals surface area contributed by atoms with Crippen LogP contribution in [0.5, 0.6) is 0 Å². The third-order valence-electron chi connectivity index (χ3n) is 4.11. The molecule has 0 saturated heterocycles. The molecule has 2 nitrogen and oxygen atoms in total. The van der Waals surface area contributed by atoms with Gasteiger partial charge in [-0.1, -0.05) is 28.4 Å². The minimum atomic E-state index is 0.0843. The number of hydrogen-bond acceptors (Lipinski definition) is 1. The summed E-state index contributed by atoms with van der Waals surface area (Å²) in [5.41, 5.74) is 3.61. The van der Waals surface area contributed by atoms with E-state index >= 15 is 0 Å². The number of alkyl halides is 1. The van der Waals surface area contributed by atoms with Gasteiger partial charge in [0, 0.05) is 16.4 Å². The van der Waals surface area contributed by atoms with Crippen molar-refractivity contribution in [3.63, 3.8) is 0 Å². The molecule has 1 amide bonds. The zero-order valence-corrected chi connectivity index (χ0v) is 12.0. The number of hydrogen-bond donors (Lipinski definition) is 1.